The van der Waals surface area contributed by atoms with E-state index in [4.69, 9.17) is 5.73 Å². The number of nitrogens with zero attached hydrogens (tertiary/aromatic N) is 6. The molecule has 14 nitrogen and oxygen atoms in total. The number of likely N-dealkylation sites (N-methyl/N-ethyl adjacent to an activating group) is 1. The molecule has 0 bridgehead atoms. The first kappa shape index (κ1) is 24.9. The van der Waals surface area contributed by atoms with Gasteiger partial charge in [-0.05, 0) is 23.8 Å². The molecule has 3 aliphatic rings. The highest BCUT2D eigenvalue weighted by Gasteiger charge is 2.60. The number of nitrogens with one attached hydrogen (secondary N) is 2. The molecule has 5 N–H and O–H groups in total. The van der Waals surface area contributed by atoms with Gasteiger partial charge in [0.1, 0.15) is 12.2 Å². The van der Waals surface area contributed by atoms with Crippen LogP contribution >= 0.6 is 11.8 Å². The number of nitrogens with two attached hydrogens (primary N) is 1. The Labute approximate surface area is 205 Å². The minimum absolute atomic E-state index is 0.00169. The van der Waals surface area contributed by atoms with Crippen LogP contribution in [0.2, 0.25) is 0 Å². The molecule has 3 amide bonds. The molecule has 0 radical (unpaired) electrons. The lowest BCUT2D eigenvalue weighted by molar-refractivity contribution is -0.158. The first-order chi connectivity index (χ1) is 16.5. The lowest BCUT2D eigenvalue weighted by Gasteiger charge is -2.47. The van der Waals surface area contributed by atoms with Gasteiger partial charge in [-0.15, -0.1) is 11.8 Å². The average molecular weight is 508 g/mol. The van der Waals surface area contributed by atoms with E-state index in [1.54, 1.807) is 21.0 Å². The van der Waals surface area contributed by atoms with Crippen LogP contribution in [-0.4, -0.2) is 103 Å². The number of carboxylic acids is 1. The van der Waals surface area contributed by atoms with Crippen LogP contribution in [0, 0.1) is 11.8 Å². The Morgan fingerprint density at radius 1 is 1.37 bits per heavy atom. The minimum atomic E-state index is -1.16. The fourth-order valence-corrected chi connectivity index (χ4v) is 6.50. The molecule has 3 aliphatic heterocycles. The van der Waals surface area contributed by atoms with Crippen LogP contribution in [-0.2, 0) is 25.7 Å². The van der Waals surface area contributed by atoms with Gasteiger partial charge in [0.2, 0.25) is 23.7 Å². The second-order valence-electron chi connectivity index (χ2n) is 9.25. The molecule has 15 heteroatoms. The minimum Gasteiger partial charge on any atom is -0.477 e. The number of aliphatic carboxylic acids is 1. The number of hydrogen-bond donors (Lipinski definition) is 4. The third-order valence-electron chi connectivity index (χ3n) is 6.69. The summed E-state index contributed by atoms with van der Waals surface area (Å²) in [5.41, 5.74) is 5.59. The van der Waals surface area contributed by atoms with Crippen LogP contribution in [0.4, 0.5) is 5.95 Å². The van der Waals surface area contributed by atoms with Crippen LogP contribution in [0.5, 0.6) is 0 Å². The molecular weight excluding hydrogens is 478 g/mol. The number of fused-ring (bicyclic) bond motifs is 1. The first-order valence-electron chi connectivity index (χ1n) is 11.2. The molecule has 1 aromatic rings. The molecule has 6 atom stereocenters. The van der Waals surface area contributed by atoms with E-state index in [1.807, 2.05) is 6.92 Å². The van der Waals surface area contributed by atoms with Gasteiger partial charge in [0.25, 0.3) is 0 Å². The number of aromatic nitrogens is 4. The molecule has 2 saturated heterocycles. The molecule has 0 saturated carbocycles. The maximum atomic E-state index is 13.0. The van der Waals surface area contributed by atoms with Crippen molar-refractivity contribution in [3.63, 3.8) is 0 Å². The Balaban J connectivity index is 1.44. The molecule has 190 valence electrons. The lowest BCUT2D eigenvalue weighted by atomic mass is 9.78. The van der Waals surface area contributed by atoms with Crippen LogP contribution in [0.25, 0.3) is 0 Å². The summed E-state index contributed by atoms with van der Waals surface area (Å²) in [6.45, 7) is 3.98. The van der Waals surface area contributed by atoms with Crippen LogP contribution in [0.15, 0.2) is 10.6 Å². The largest absolute Gasteiger partial charge is 0.477 e. The van der Waals surface area contributed by atoms with E-state index in [-0.39, 0.29) is 53.3 Å². The Morgan fingerprint density at radius 3 is 2.69 bits per heavy atom. The van der Waals surface area contributed by atoms with Crippen molar-refractivity contribution in [2.24, 2.45) is 11.8 Å². The Morgan fingerprint density at radius 2 is 2.09 bits per heavy atom. The summed E-state index contributed by atoms with van der Waals surface area (Å²) in [5, 5.41) is 26.5. The molecule has 1 aromatic heterocycles. The summed E-state index contributed by atoms with van der Waals surface area (Å²) in [5.74, 6) is -2.74. The summed E-state index contributed by atoms with van der Waals surface area (Å²) >= 11 is 1.42. The number of rotatable bonds is 8. The fraction of sp³-hybridized carbons (Fsp3) is 0.650. The third kappa shape index (κ3) is 4.45. The Bertz CT molecular complexity index is 1090. The topological polar surface area (TPSA) is 189 Å². The average Bonchev–Trinajstić information content (AvgIpc) is 3.46. The summed E-state index contributed by atoms with van der Waals surface area (Å²) in [6.07, 6.45) is 0.569. The van der Waals surface area contributed by atoms with E-state index in [0.717, 1.165) is 4.68 Å². The van der Waals surface area contributed by atoms with E-state index in [1.165, 1.54) is 21.6 Å². The van der Waals surface area contributed by atoms with E-state index < -0.39 is 23.8 Å². The molecule has 0 aromatic carbocycles. The Hall–Kier alpha value is -3.20. The smallest absolute Gasteiger partial charge is 0.353 e. The van der Waals surface area contributed by atoms with Gasteiger partial charge in [-0.3, -0.25) is 14.4 Å². The maximum absolute atomic E-state index is 13.0. The summed E-state index contributed by atoms with van der Waals surface area (Å²) in [6, 6.07) is -1.23. The van der Waals surface area contributed by atoms with E-state index >= 15 is 0 Å². The molecule has 0 aliphatic carbocycles. The first-order valence-corrected chi connectivity index (χ1v) is 12.1. The van der Waals surface area contributed by atoms with E-state index in [2.05, 4.69) is 26.2 Å². The Kier molecular flexibility index (Phi) is 6.73. The molecule has 35 heavy (non-hydrogen) atoms. The van der Waals surface area contributed by atoms with Crippen LogP contribution in [0.3, 0.4) is 0 Å². The lowest BCUT2D eigenvalue weighted by Crippen LogP contribution is -2.66. The number of β-lactam (4-membered cyclic amide) rings is 1. The fourth-order valence-electron chi connectivity index (χ4n) is 5.02. The summed E-state index contributed by atoms with van der Waals surface area (Å²) in [4.78, 5) is 53.4. The predicted molar refractivity (Wildman–Crippen MR) is 124 cm³/mol. The van der Waals surface area contributed by atoms with Gasteiger partial charge in [-0.1, -0.05) is 12.0 Å². The molecular formula is C20H29N9O5S. The highest BCUT2D eigenvalue weighted by Crippen LogP contribution is 2.51. The number of thioether (sulfide) groups is 1. The monoisotopic (exact) mass is 507 g/mol. The van der Waals surface area contributed by atoms with Crippen molar-refractivity contribution in [2.45, 2.75) is 50.2 Å². The SMILES string of the molecule is C[C@@H](NC(=O)Cn1nnnc1N)[C@H]1C(=O)N2C(C(=O)O)=C(S[C@@H]3CNC(C(=O)N(C)C)C3)[C@H](C)[C@H]12. The van der Waals surface area contributed by atoms with Crippen molar-refractivity contribution in [1.82, 2.24) is 40.6 Å². The second-order valence-corrected chi connectivity index (χ2v) is 10.6. The number of carboxylic acid groups (broad SMARTS) is 1. The van der Waals surface area contributed by atoms with Gasteiger partial charge >= 0.3 is 5.97 Å². The number of tetrazole rings is 1. The predicted octanol–water partition coefficient (Wildman–Crippen LogP) is -1.92. The van der Waals surface area contributed by atoms with Crippen molar-refractivity contribution in [1.29, 1.82) is 0 Å². The number of hydrogen-bond acceptors (Lipinski definition) is 10. The summed E-state index contributed by atoms with van der Waals surface area (Å²) < 4.78 is 1.14. The van der Waals surface area contributed by atoms with Crippen LogP contribution in [0.1, 0.15) is 20.3 Å². The van der Waals surface area contributed by atoms with Crippen molar-refractivity contribution in [3.05, 3.63) is 10.6 Å². The van der Waals surface area contributed by atoms with Gasteiger partial charge in [-0.25, -0.2) is 9.48 Å². The van der Waals surface area contributed by atoms with Gasteiger partial charge in [0, 0.05) is 42.8 Å². The molecule has 1 unspecified atom stereocenters. The van der Waals surface area contributed by atoms with Gasteiger partial charge in [0.15, 0.2) is 0 Å². The molecule has 4 heterocycles. The van der Waals surface area contributed by atoms with E-state index in [0.29, 0.717) is 17.9 Å². The number of carbonyl (C=O) groups is 4. The molecule has 4 rings (SSSR count). The maximum Gasteiger partial charge on any atom is 0.353 e. The zero-order valence-corrected chi connectivity index (χ0v) is 20.7. The number of amides is 3. The van der Waals surface area contributed by atoms with Crippen LogP contribution < -0.4 is 16.4 Å². The van der Waals surface area contributed by atoms with Crippen molar-refractivity contribution in [2.75, 3.05) is 26.4 Å². The second kappa shape index (κ2) is 9.45. The molecule has 2 fully saturated rings. The molecule has 0 spiro atoms. The van der Waals surface area contributed by atoms with Gasteiger partial charge < -0.3 is 31.3 Å². The zero-order valence-electron chi connectivity index (χ0n) is 19.8. The number of anilines is 1. The van der Waals surface area contributed by atoms with Gasteiger partial charge in [0.05, 0.1) is 18.0 Å². The van der Waals surface area contributed by atoms with Gasteiger partial charge in [-0.2, -0.15) is 0 Å². The van der Waals surface area contributed by atoms with Crippen molar-refractivity contribution >= 4 is 41.4 Å². The summed E-state index contributed by atoms with van der Waals surface area (Å²) in [7, 11) is 3.39. The zero-order chi connectivity index (χ0) is 25.6. The number of carbonyl (C=O) groups excluding carboxylic acids is 3. The van der Waals surface area contributed by atoms with Crippen molar-refractivity contribution in [3.8, 4) is 0 Å². The van der Waals surface area contributed by atoms with E-state index in [9.17, 15) is 24.3 Å². The van der Waals surface area contributed by atoms with Crippen molar-refractivity contribution < 1.29 is 24.3 Å². The highest BCUT2D eigenvalue weighted by atomic mass is 32.2. The highest BCUT2D eigenvalue weighted by molar-refractivity contribution is 8.03. The number of nitrogen functional groups attached to an aromatic ring is 1. The standard InChI is InChI=1S/C20H29N9O5S/c1-8-14-13(9(2)23-12(30)7-28-20(21)24-25-26-28)18(32)29(14)15(19(33)34)16(8)35-10-5-11(22-6-10)17(31)27(3)4/h8-11,13-14,22H,5-7H2,1-4H3,(H,23,30)(H,33,34)(H2,21,24,26)/t8-,9-,10+,11?,13-,14-/m1/s1. The quantitative estimate of drug-likeness (QED) is 0.287. The third-order valence-corrected chi connectivity index (χ3v) is 8.21. The normalized spacial score (nSPS) is 28.5.